The first kappa shape index (κ1) is 13.0. The third-order valence-corrected chi connectivity index (χ3v) is 4.54. The molecular weight excluding hydrogens is 258 g/mol. The molecule has 3 rings (SSSR count). The molecule has 2 aliphatic rings. The van der Waals surface area contributed by atoms with Crippen LogP contribution in [0.5, 0.6) is 0 Å². The predicted octanol–water partition coefficient (Wildman–Crippen LogP) is 2.04. The van der Waals surface area contributed by atoms with E-state index in [4.69, 9.17) is 9.73 Å². The lowest BCUT2D eigenvalue weighted by Gasteiger charge is -2.34. The number of nitrogens with zero attached hydrogens (tertiary/aromatic N) is 3. The van der Waals surface area contributed by atoms with Gasteiger partial charge in [-0.3, -0.25) is 4.90 Å². The van der Waals surface area contributed by atoms with Crippen molar-refractivity contribution < 1.29 is 4.74 Å². The standard InChI is InChI=1S/C14H19N3OS/c1-16(2)13-11-5-3-4-6-12(11)19-14(15-13)17-7-9-18-10-8-17/h3-6,13H,7-10H2,1-2H3. The molecular formula is C14H19N3OS. The molecule has 1 fully saturated rings. The van der Waals surface area contributed by atoms with Crippen LogP contribution in [0.4, 0.5) is 0 Å². The smallest absolute Gasteiger partial charge is 0.166 e. The summed E-state index contributed by atoms with van der Waals surface area (Å²) < 4.78 is 5.42. The molecule has 2 heterocycles. The van der Waals surface area contributed by atoms with Crippen molar-refractivity contribution in [1.82, 2.24) is 9.80 Å². The van der Waals surface area contributed by atoms with Gasteiger partial charge in [-0.2, -0.15) is 0 Å². The number of benzene rings is 1. The molecule has 0 spiro atoms. The number of thioether (sulfide) groups is 1. The molecule has 1 aromatic carbocycles. The van der Waals surface area contributed by atoms with Gasteiger partial charge in [0.25, 0.3) is 0 Å². The highest BCUT2D eigenvalue weighted by Crippen LogP contribution is 2.37. The molecule has 1 aromatic rings. The first-order valence-corrected chi connectivity index (χ1v) is 7.41. The van der Waals surface area contributed by atoms with Gasteiger partial charge in [0.15, 0.2) is 5.17 Å². The number of aliphatic imine (C=N–C) groups is 1. The van der Waals surface area contributed by atoms with Crippen molar-refractivity contribution in [2.75, 3.05) is 40.4 Å². The maximum Gasteiger partial charge on any atom is 0.166 e. The highest BCUT2D eigenvalue weighted by molar-refractivity contribution is 8.13. The summed E-state index contributed by atoms with van der Waals surface area (Å²) in [7, 11) is 4.16. The van der Waals surface area contributed by atoms with Crippen molar-refractivity contribution in [2.24, 2.45) is 4.99 Å². The Morgan fingerprint density at radius 1 is 1.26 bits per heavy atom. The normalized spacial score (nSPS) is 23.2. The first-order chi connectivity index (χ1) is 9.25. The lowest BCUT2D eigenvalue weighted by molar-refractivity contribution is 0.0688. The summed E-state index contributed by atoms with van der Waals surface area (Å²) in [5.74, 6) is 0. The van der Waals surface area contributed by atoms with E-state index in [1.165, 1.54) is 10.5 Å². The summed E-state index contributed by atoms with van der Waals surface area (Å²) in [4.78, 5) is 10.7. The van der Waals surface area contributed by atoms with Crippen LogP contribution in [0.3, 0.4) is 0 Å². The minimum absolute atomic E-state index is 0.121. The van der Waals surface area contributed by atoms with Crippen LogP contribution in [-0.2, 0) is 4.74 Å². The van der Waals surface area contributed by atoms with E-state index >= 15 is 0 Å². The fourth-order valence-corrected chi connectivity index (χ4v) is 3.48. The van der Waals surface area contributed by atoms with E-state index in [0.29, 0.717) is 0 Å². The lowest BCUT2D eigenvalue weighted by atomic mass is 10.1. The Labute approximate surface area is 118 Å². The molecule has 0 amide bonds. The van der Waals surface area contributed by atoms with Crippen LogP contribution < -0.4 is 0 Å². The number of fused-ring (bicyclic) bond motifs is 1. The molecule has 1 unspecified atom stereocenters. The topological polar surface area (TPSA) is 28.1 Å². The Morgan fingerprint density at radius 3 is 2.74 bits per heavy atom. The van der Waals surface area contributed by atoms with Crippen molar-refractivity contribution in [2.45, 2.75) is 11.1 Å². The molecule has 19 heavy (non-hydrogen) atoms. The monoisotopic (exact) mass is 277 g/mol. The summed E-state index contributed by atoms with van der Waals surface area (Å²) in [6, 6.07) is 8.55. The summed E-state index contributed by atoms with van der Waals surface area (Å²) in [5.41, 5.74) is 1.30. The van der Waals surface area contributed by atoms with Crippen LogP contribution in [0.1, 0.15) is 11.7 Å². The van der Waals surface area contributed by atoms with Crippen LogP contribution in [0.15, 0.2) is 34.2 Å². The third kappa shape index (κ3) is 2.63. The van der Waals surface area contributed by atoms with Gasteiger partial charge in [-0.15, -0.1) is 0 Å². The summed E-state index contributed by atoms with van der Waals surface area (Å²) >= 11 is 1.78. The number of hydrogen-bond donors (Lipinski definition) is 0. The molecule has 5 heteroatoms. The van der Waals surface area contributed by atoms with Gasteiger partial charge in [0, 0.05) is 23.5 Å². The molecule has 1 atom stereocenters. The number of hydrogen-bond acceptors (Lipinski definition) is 5. The number of ether oxygens (including phenoxy) is 1. The average molecular weight is 277 g/mol. The van der Waals surface area contributed by atoms with Gasteiger partial charge in [-0.1, -0.05) is 30.0 Å². The van der Waals surface area contributed by atoms with E-state index < -0.39 is 0 Å². The molecule has 4 nitrogen and oxygen atoms in total. The Hall–Kier alpha value is -1.04. The maximum atomic E-state index is 5.42. The molecule has 1 saturated heterocycles. The second-order valence-corrected chi connectivity index (χ2v) is 6.00. The Bertz CT molecular complexity index is 483. The van der Waals surface area contributed by atoms with E-state index in [1.807, 2.05) is 0 Å². The van der Waals surface area contributed by atoms with Gasteiger partial charge in [0.2, 0.25) is 0 Å². The van der Waals surface area contributed by atoms with Crippen LogP contribution in [0.2, 0.25) is 0 Å². The Morgan fingerprint density at radius 2 is 2.00 bits per heavy atom. The van der Waals surface area contributed by atoms with Gasteiger partial charge >= 0.3 is 0 Å². The quantitative estimate of drug-likeness (QED) is 0.785. The molecule has 2 aliphatic heterocycles. The largest absolute Gasteiger partial charge is 0.378 e. The Balaban J connectivity index is 1.91. The van der Waals surface area contributed by atoms with Crippen LogP contribution >= 0.6 is 11.8 Å². The van der Waals surface area contributed by atoms with Crippen molar-refractivity contribution in [1.29, 1.82) is 0 Å². The summed E-state index contributed by atoms with van der Waals surface area (Å²) in [5, 5.41) is 1.13. The van der Waals surface area contributed by atoms with Crippen LogP contribution in [0, 0.1) is 0 Å². The van der Waals surface area contributed by atoms with Gasteiger partial charge in [0.05, 0.1) is 13.2 Å². The molecule has 0 bridgehead atoms. The molecule has 0 N–H and O–H groups in total. The van der Waals surface area contributed by atoms with Crippen LogP contribution in [0.25, 0.3) is 0 Å². The zero-order valence-corrected chi connectivity index (χ0v) is 12.2. The van der Waals surface area contributed by atoms with Crippen molar-refractivity contribution in [3.05, 3.63) is 29.8 Å². The van der Waals surface area contributed by atoms with Crippen molar-refractivity contribution in [3.63, 3.8) is 0 Å². The second kappa shape index (κ2) is 5.53. The molecule has 0 saturated carbocycles. The SMILES string of the molecule is CN(C)C1N=C(N2CCOCC2)Sc2ccccc21. The molecule has 0 aliphatic carbocycles. The molecule has 0 radical (unpaired) electrons. The number of amidine groups is 1. The summed E-state index contributed by atoms with van der Waals surface area (Å²) in [6.45, 7) is 3.48. The zero-order chi connectivity index (χ0) is 13.2. The van der Waals surface area contributed by atoms with E-state index in [2.05, 4.69) is 48.2 Å². The maximum absolute atomic E-state index is 5.42. The minimum Gasteiger partial charge on any atom is -0.378 e. The Kier molecular flexibility index (Phi) is 3.77. The van der Waals surface area contributed by atoms with Gasteiger partial charge in [0.1, 0.15) is 6.17 Å². The van der Waals surface area contributed by atoms with Gasteiger partial charge in [-0.25, -0.2) is 4.99 Å². The fraction of sp³-hybridized carbons (Fsp3) is 0.500. The zero-order valence-electron chi connectivity index (χ0n) is 11.4. The first-order valence-electron chi connectivity index (χ1n) is 6.59. The average Bonchev–Trinajstić information content (AvgIpc) is 2.47. The van der Waals surface area contributed by atoms with Gasteiger partial charge in [-0.05, 0) is 20.2 Å². The van der Waals surface area contributed by atoms with Crippen molar-refractivity contribution in [3.8, 4) is 0 Å². The van der Waals surface area contributed by atoms with E-state index in [-0.39, 0.29) is 6.17 Å². The molecule has 0 aromatic heterocycles. The van der Waals surface area contributed by atoms with Gasteiger partial charge < -0.3 is 9.64 Å². The van der Waals surface area contributed by atoms with E-state index in [1.54, 1.807) is 11.8 Å². The van der Waals surface area contributed by atoms with Crippen LogP contribution in [-0.4, -0.2) is 55.4 Å². The third-order valence-electron chi connectivity index (χ3n) is 3.40. The predicted molar refractivity (Wildman–Crippen MR) is 78.6 cm³/mol. The van der Waals surface area contributed by atoms with Crippen molar-refractivity contribution >= 4 is 16.9 Å². The highest BCUT2D eigenvalue weighted by Gasteiger charge is 2.27. The minimum atomic E-state index is 0.121. The number of rotatable bonds is 1. The van der Waals surface area contributed by atoms with E-state index in [0.717, 1.165) is 31.5 Å². The fourth-order valence-electron chi connectivity index (χ4n) is 2.38. The number of morpholine rings is 1. The lowest BCUT2D eigenvalue weighted by Crippen LogP contribution is -2.41. The molecule has 102 valence electrons. The summed E-state index contributed by atoms with van der Waals surface area (Å²) in [6.07, 6.45) is 0.121. The van der Waals surface area contributed by atoms with E-state index in [9.17, 15) is 0 Å². The second-order valence-electron chi connectivity index (χ2n) is 4.99. The highest BCUT2D eigenvalue weighted by atomic mass is 32.2.